The lowest BCUT2D eigenvalue weighted by atomic mass is 9.76. The van der Waals surface area contributed by atoms with Gasteiger partial charge in [-0.25, -0.2) is 0 Å². The molecule has 0 saturated carbocycles. The summed E-state index contributed by atoms with van der Waals surface area (Å²) < 4.78 is 5.06. The molecule has 3 heterocycles. The Morgan fingerprint density at radius 3 is 2.79 bits per heavy atom. The Kier molecular flexibility index (Phi) is 5.16. The van der Waals surface area contributed by atoms with Gasteiger partial charge >= 0.3 is 0 Å². The van der Waals surface area contributed by atoms with Crippen LogP contribution >= 0.6 is 23.4 Å². The van der Waals surface area contributed by atoms with E-state index in [-0.39, 0.29) is 36.9 Å². The Bertz CT molecular complexity index is 850. The minimum absolute atomic E-state index is 0.191. The summed E-state index contributed by atoms with van der Waals surface area (Å²) in [4.78, 5) is 40.9. The molecule has 3 aliphatic rings. The number of ether oxygens (including phenoxy) is 1. The van der Waals surface area contributed by atoms with E-state index in [2.05, 4.69) is 10.6 Å². The molecule has 1 spiro atoms. The number of benzene rings is 1. The number of anilines is 1. The molecule has 4 atom stereocenters. The first-order chi connectivity index (χ1) is 13.5. The highest BCUT2D eigenvalue weighted by Crippen LogP contribution is 2.54. The lowest BCUT2D eigenvalue weighted by Crippen LogP contribution is -2.53. The molecule has 3 amide bonds. The van der Waals surface area contributed by atoms with Crippen molar-refractivity contribution in [3.8, 4) is 0 Å². The second-order valence-electron chi connectivity index (χ2n) is 7.28. The highest BCUT2D eigenvalue weighted by atomic mass is 35.5. The van der Waals surface area contributed by atoms with Crippen molar-refractivity contribution in [3.05, 3.63) is 28.8 Å². The molecule has 0 bridgehead atoms. The standard InChI is InChI=1S/C19H22ClN3O4S/c1-27-8-7-23-16(24)13-12(6-9-28-2)22-19(14(13)17(23)25)10-4-3-5-11(20)15(10)21-18(19)26/h3-5,12-14,22H,6-9H2,1-2H3,(H,21,26)/t12-,13+,14+,19-/m1/s1. The fraction of sp³-hybridized carbons (Fsp3) is 0.526. The Labute approximate surface area is 172 Å². The molecule has 2 fully saturated rings. The van der Waals surface area contributed by atoms with E-state index in [9.17, 15) is 14.4 Å². The van der Waals surface area contributed by atoms with Gasteiger partial charge in [-0.3, -0.25) is 24.6 Å². The van der Waals surface area contributed by atoms with Crippen LogP contribution in [0, 0.1) is 11.8 Å². The molecule has 2 saturated heterocycles. The summed E-state index contributed by atoms with van der Waals surface area (Å²) in [7, 11) is 1.53. The van der Waals surface area contributed by atoms with Crippen molar-refractivity contribution in [2.24, 2.45) is 11.8 Å². The molecule has 7 nitrogen and oxygen atoms in total. The summed E-state index contributed by atoms with van der Waals surface area (Å²) in [5, 5.41) is 6.64. The summed E-state index contributed by atoms with van der Waals surface area (Å²) >= 11 is 7.96. The van der Waals surface area contributed by atoms with E-state index in [1.165, 1.54) is 12.0 Å². The van der Waals surface area contributed by atoms with E-state index in [1.54, 1.807) is 30.0 Å². The molecular formula is C19H22ClN3O4S. The number of carbonyl (C=O) groups is 3. The average Bonchev–Trinajstić information content (AvgIpc) is 3.25. The highest BCUT2D eigenvalue weighted by molar-refractivity contribution is 7.98. The Balaban J connectivity index is 1.82. The van der Waals surface area contributed by atoms with Crippen LogP contribution in [0.15, 0.2) is 18.2 Å². The minimum Gasteiger partial charge on any atom is -0.383 e. The molecule has 1 aromatic carbocycles. The third kappa shape index (κ3) is 2.62. The first-order valence-electron chi connectivity index (χ1n) is 9.18. The first-order valence-corrected chi connectivity index (χ1v) is 11.0. The maximum atomic E-state index is 13.3. The third-order valence-electron chi connectivity index (χ3n) is 5.94. The van der Waals surface area contributed by atoms with E-state index < -0.39 is 17.4 Å². The number of carbonyl (C=O) groups excluding carboxylic acids is 3. The molecule has 9 heteroatoms. The van der Waals surface area contributed by atoms with E-state index >= 15 is 0 Å². The van der Waals surface area contributed by atoms with Crippen LogP contribution < -0.4 is 10.6 Å². The SMILES string of the molecule is COCCN1C(=O)[C@@H]2[C@@H](C1=O)[C@@]1(N[C@@H]2CCSC)C(=O)Nc2c(Cl)cccc21. The number of nitrogens with one attached hydrogen (secondary N) is 2. The molecule has 3 aliphatic heterocycles. The van der Waals surface area contributed by atoms with Gasteiger partial charge in [0.05, 0.1) is 35.7 Å². The predicted octanol–water partition coefficient (Wildman–Crippen LogP) is 1.46. The number of thioether (sulfide) groups is 1. The average molecular weight is 424 g/mol. The Hall–Kier alpha value is -1.61. The number of halogens is 1. The quantitative estimate of drug-likeness (QED) is 0.673. The fourth-order valence-corrected chi connectivity index (χ4v) is 5.46. The van der Waals surface area contributed by atoms with Crippen LogP contribution in [0.2, 0.25) is 5.02 Å². The zero-order chi connectivity index (χ0) is 20.1. The molecule has 0 aromatic heterocycles. The van der Waals surface area contributed by atoms with Crippen molar-refractivity contribution in [1.82, 2.24) is 10.2 Å². The number of hydrogen-bond donors (Lipinski definition) is 2. The van der Waals surface area contributed by atoms with Crippen LogP contribution in [-0.2, 0) is 24.7 Å². The molecule has 28 heavy (non-hydrogen) atoms. The number of fused-ring (bicyclic) bond motifs is 4. The molecule has 0 aliphatic carbocycles. The van der Waals surface area contributed by atoms with Crippen molar-refractivity contribution in [1.29, 1.82) is 0 Å². The summed E-state index contributed by atoms with van der Waals surface area (Å²) in [6, 6.07) is 5.00. The summed E-state index contributed by atoms with van der Waals surface area (Å²) in [6.45, 7) is 0.456. The van der Waals surface area contributed by atoms with Crippen LogP contribution in [0.1, 0.15) is 12.0 Å². The molecule has 0 radical (unpaired) electrons. The third-order valence-corrected chi connectivity index (χ3v) is 6.90. The van der Waals surface area contributed by atoms with Crippen LogP contribution in [0.4, 0.5) is 5.69 Å². The summed E-state index contributed by atoms with van der Waals surface area (Å²) in [6.07, 6.45) is 2.68. The van der Waals surface area contributed by atoms with Crippen molar-refractivity contribution in [2.45, 2.75) is 18.0 Å². The highest BCUT2D eigenvalue weighted by Gasteiger charge is 2.70. The monoisotopic (exact) mass is 423 g/mol. The normalized spacial score (nSPS) is 30.9. The largest absolute Gasteiger partial charge is 0.383 e. The first kappa shape index (κ1) is 19.7. The number of methoxy groups -OCH3 is 1. The number of amides is 3. The lowest BCUT2D eigenvalue weighted by Gasteiger charge is -2.29. The van der Waals surface area contributed by atoms with Crippen molar-refractivity contribution in [2.75, 3.05) is 37.6 Å². The van der Waals surface area contributed by atoms with Gasteiger partial charge in [0.1, 0.15) is 5.54 Å². The molecule has 0 unspecified atom stereocenters. The van der Waals surface area contributed by atoms with Gasteiger partial charge in [0.15, 0.2) is 0 Å². The van der Waals surface area contributed by atoms with Gasteiger partial charge < -0.3 is 10.1 Å². The number of hydrogen-bond acceptors (Lipinski definition) is 6. The summed E-state index contributed by atoms with van der Waals surface area (Å²) in [5.41, 5.74) is -0.120. The Morgan fingerprint density at radius 2 is 2.07 bits per heavy atom. The van der Waals surface area contributed by atoms with Crippen LogP contribution in [0.3, 0.4) is 0 Å². The summed E-state index contributed by atoms with van der Waals surface area (Å²) in [5.74, 6) is -1.43. The van der Waals surface area contributed by atoms with E-state index in [0.29, 0.717) is 22.7 Å². The van der Waals surface area contributed by atoms with E-state index in [0.717, 1.165) is 5.75 Å². The molecule has 150 valence electrons. The fourth-order valence-electron chi connectivity index (χ4n) is 4.75. The number of rotatable bonds is 6. The van der Waals surface area contributed by atoms with Gasteiger partial charge in [0.25, 0.3) is 0 Å². The van der Waals surface area contributed by atoms with Crippen molar-refractivity contribution in [3.63, 3.8) is 0 Å². The Morgan fingerprint density at radius 1 is 1.29 bits per heavy atom. The predicted molar refractivity (Wildman–Crippen MR) is 107 cm³/mol. The number of likely N-dealkylation sites (tertiary alicyclic amines) is 1. The van der Waals surface area contributed by atoms with Gasteiger partial charge in [-0.2, -0.15) is 11.8 Å². The van der Waals surface area contributed by atoms with Gasteiger partial charge in [-0.1, -0.05) is 23.7 Å². The van der Waals surface area contributed by atoms with Gasteiger partial charge in [-0.05, 0) is 24.5 Å². The van der Waals surface area contributed by atoms with Crippen LogP contribution in [-0.4, -0.2) is 60.9 Å². The minimum atomic E-state index is -1.28. The van der Waals surface area contributed by atoms with Crippen LogP contribution in [0.5, 0.6) is 0 Å². The number of para-hydroxylation sites is 1. The molecule has 2 N–H and O–H groups in total. The van der Waals surface area contributed by atoms with Crippen molar-refractivity contribution < 1.29 is 19.1 Å². The topological polar surface area (TPSA) is 87.7 Å². The van der Waals surface area contributed by atoms with Crippen LogP contribution in [0.25, 0.3) is 0 Å². The maximum absolute atomic E-state index is 13.3. The van der Waals surface area contributed by atoms with Crippen molar-refractivity contribution >= 4 is 46.8 Å². The molecule has 1 aromatic rings. The lowest BCUT2D eigenvalue weighted by molar-refractivity contribution is -0.143. The molecule has 4 rings (SSSR count). The number of nitrogens with zero attached hydrogens (tertiary/aromatic N) is 1. The maximum Gasteiger partial charge on any atom is 0.250 e. The van der Waals surface area contributed by atoms with Gasteiger partial charge in [0, 0.05) is 18.7 Å². The van der Waals surface area contributed by atoms with E-state index in [4.69, 9.17) is 16.3 Å². The number of imide groups is 1. The smallest absolute Gasteiger partial charge is 0.250 e. The zero-order valence-electron chi connectivity index (χ0n) is 15.7. The second kappa shape index (κ2) is 7.33. The molecular weight excluding hydrogens is 402 g/mol. The zero-order valence-corrected chi connectivity index (χ0v) is 17.2. The van der Waals surface area contributed by atoms with E-state index in [1.807, 2.05) is 6.26 Å². The second-order valence-corrected chi connectivity index (χ2v) is 8.67. The van der Waals surface area contributed by atoms with Gasteiger partial charge in [-0.15, -0.1) is 0 Å². The van der Waals surface area contributed by atoms with Gasteiger partial charge in [0.2, 0.25) is 17.7 Å².